The summed E-state index contributed by atoms with van der Waals surface area (Å²) in [6, 6.07) is 10.1. The van der Waals surface area contributed by atoms with Gasteiger partial charge < -0.3 is 9.47 Å². The van der Waals surface area contributed by atoms with Crippen molar-refractivity contribution in [3.05, 3.63) is 41.5 Å². The lowest BCUT2D eigenvalue weighted by Crippen LogP contribution is -2.32. The average Bonchev–Trinajstić information content (AvgIpc) is 3.21. The van der Waals surface area contributed by atoms with E-state index in [2.05, 4.69) is 15.2 Å². The van der Waals surface area contributed by atoms with Crippen LogP contribution < -0.4 is 0 Å². The second-order valence-corrected chi connectivity index (χ2v) is 5.93. The van der Waals surface area contributed by atoms with Gasteiger partial charge in [0.15, 0.2) is 11.6 Å². The summed E-state index contributed by atoms with van der Waals surface area (Å²) in [7, 11) is 0. The van der Waals surface area contributed by atoms with Gasteiger partial charge in [0.25, 0.3) is 0 Å². The number of carbonyl (C=O) groups excluding carboxylic acids is 1. The van der Waals surface area contributed by atoms with Crippen LogP contribution in [0.2, 0.25) is 0 Å². The van der Waals surface area contributed by atoms with Crippen molar-refractivity contribution in [2.75, 3.05) is 6.54 Å². The van der Waals surface area contributed by atoms with E-state index in [9.17, 15) is 4.79 Å². The topological polar surface area (TPSA) is 63.9 Å². The van der Waals surface area contributed by atoms with E-state index in [0.29, 0.717) is 19.6 Å². The number of amides is 1. The van der Waals surface area contributed by atoms with E-state index in [4.69, 9.17) is 0 Å². The molecule has 7 heteroatoms. The molecule has 0 unspecified atom stereocenters. The largest absolute Gasteiger partial charge is 0.336 e. The molecule has 0 aliphatic carbocycles. The van der Waals surface area contributed by atoms with Crippen molar-refractivity contribution in [1.82, 2.24) is 24.6 Å². The normalized spacial score (nSPS) is 13.9. The summed E-state index contributed by atoms with van der Waals surface area (Å²) in [4.78, 5) is 17.2. The first kappa shape index (κ1) is 13.1. The van der Waals surface area contributed by atoms with Crippen molar-refractivity contribution in [1.29, 1.82) is 0 Å². The maximum Gasteiger partial charge on any atom is 0.210 e. The second-order valence-electron chi connectivity index (χ2n) is 5.07. The Morgan fingerprint density at radius 2 is 2.00 bits per heavy atom. The fourth-order valence-electron chi connectivity index (χ4n) is 2.55. The van der Waals surface area contributed by atoms with E-state index < -0.39 is 0 Å². The van der Waals surface area contributed by atoms with Crippen LogP contribution >= 0.6 is 11.3 Å². The lowest BCUT2D eigenvalue weighted by molar-refractivity contribution is -0.119. The van der Waals surface area contributed by atoms with Crippen LogP contribution in [-0.2, 0) is 17.9 Å². The van der Waals surface area contributed by atoms with Crippen LogP contribution in [0.15, 0.2) is 35.7 Å². The zero-order chi connectivity index (χ0) is 14.9. The third kappa shape index (κ3) is 2.19. The number of rotatable bonds is 3. The van der Waals surface area contributed by atoms with Gasteiger partial charge >= 0.3 is 0 Å². The van der Waals surface area contributed by atoms with Crippen LogP contribution in [0.25, 0.3) is 22.1 Å². The van der Waals surface area contributed by atoms with E-state index in [1.807, 2.05) is 40.3 Å². The van der Waals surface area contributed by atoms with Gasteiger partial charge in [-0.2, -0.15) is 0 Å². The van der Waals surface area contributed by atoms with Gasteiger partial charge in [-0.25, -0.2) is 4.98 Å². The van der Waals surface area contributed by atoms with Crippen molar-refractivity contribution < 1.29 is 4.79 Å². The van der Waals surface area contributed by atoms with Gasteiger partial charge in [-0.1, -0.05) is 30.3 Å². The molecule has 2 aromatic heterocycles. The first-order valence-corrected chi connectivity index (χ1v) is 7.86. The minimum Gasteiger partial charge on any atom is -0.336 e. The summed E-state index contributed by atoms with van der Waals surface area (Å²) in [6.07, 6.45) is 0.855. The van der Waals surface area contributed by atoms with Crippen LogP contribution in [-0.4, -0.2) is 37.6 Å². The molecular formula is C15H13N5OS. The molecule has 0 atom stereocenters. The molecule has 1 aromatic carbocycles. The van der Waals surface area contributed by atoms with Crippen molar-refractivity contribution >= 4 is 17.7 Å². The Balaban J connectivity index is 1.68. The van der Waals surface area contributed by atoms with Crippen LogP contribution in [0.5, 0.6) is 0 Å². The van der Waals surface area contributed by atoms with Crippen molar-refractivity contribution in [3.63, 3.8) is 0 Å². The number of aromatic nitrogens is 4. The van der Waals surface area contributed by atoms with Gasteiger partial charge in [-0.3, -0.25) is 4.79 Å². The third-order valence-electron chi connectivity index (χ3n) is 3.69. The molecule has 1 aliphatic rings. The lowest BCUT2D eigenvalue weighted by Gasteiger charge is -2.23. The molecule has 22 heavy (non-hydrogen) atoms. The molecule has 0 saturated heterocycles. The van der Waals surface area contributed by atoms with Gasteiger partial charge in [0.2, 0.25) is 6.41 Å². The monoisotopic (exact) mass is 311 g/mol. The highest BCUT2D eigenvalue weighted by Gasteiger charge is 2.22. The zero-order valence-electron chi connectivity index (χ0n) is 11.7. The molecule has 1 amide bonds. The fraction of sp³-hybridized carbons (Fsp3) is 0.200. The summed E-state index contributed by atoms with van der Waals surface area (Å²) in [5, 5.41) is 11.4. The first-order chi connectivity index (χ1) is 10.8. The number of fused-ring (bicyclic) bond motifs is 1. The van der Waals surface area contributed by atoms with E-state index >= 15 is 0 Å². The number of benzene rings is 1. The molecular weight excluding hydrogens is 298 g/mol. The Labute approximate surface area is 131 Å². The number of thiazole rings is 1. The SMILES string of the molecule is O=CN1CCn2c(nnc2-c2csc(-c3ccccc3)n2)C1. The Hall–Kier alpha value is -2.54. The maximum absolute atomic E-state index is 10.9. The smallest absolute Gasteiger partial charge is 0.210 e. The molecule has 0 radical (unpaired) electrons. The molecule has 0 bridgehead atoms. The third-order valence-corrected chi connectivity index (χ3v) is 4.58. The predicted octanol–water partition coefficient (Wildman–Crippen LogP) is 2.04. The van der Waals surface area contributed by atoms with E-state index in [1.54, 1.807) is 16.2 Å². The highest BCUT2D eigenvalue weighted by Crippen LogP contribution is 2.28. The van der Waals surface area contributed by atoms with E-state index in [-0.39, 0.29) is 0 Å². The van der Waals surface area contributed by atoms with Gasteiger partial charge in [0.05, 0.1) is 6.54 Å². The highest BCUT2D eigenvalue weighted by atomic mass is 32.1. The van der Waals surface area contributed by atoms with Crippen LogP contribution in [0.4, 0.5) is 0 Å². The Bertz CT molecular complexity index is 810. The lowest BCUT2D eigenvalue weighted by atomic mass is 10.2. The van der Waals surface area contributed by atoms with E-state index in [1.165, 1.54) is 0 Å². The molecule has 3 heterocycles. The van der Waals surface area contributed by atoms with Gasteiger partial charge in [0.1, 0.15) is 10.7 Å². The summed E-state index contributed by atoms with van der Waals surface area (Å²) >= 11 is 1.60. The molecule has 0 saturated carbocycles. The fourth-order valence-corrected chi connectivity index (χ4v) is 3.35. The minimum atomic E-state index is 0.506. The second kappa shape index (κ2) is 5.34. The Morgan fingerprint density at radius 1 is 1.14 bits per heavy atom. The van der Waals surface area contributed by atoms with Gasteiger partial charge in [-0.05, 0) is 0 Å². The zero-order valence-corrected chi connectivity index (χ0v) is 12.5. The molecule has 1 aliphatic heterocycles. The number of carbonyl (C=O) groups is 1. The summed E-state index contributed by atoms with van der Waals surface area (Å²) < 4.78 is 2.05. The van der Waals surface area contributed by atoms with Crippen molar-refractivity contribution in [3.8, 4) is 22.1 Å². The molecule has 0 N–H and O–H groups in total. The Morgan fingerprint density at radius 3 is 2.82 bits per heavy atom. The quantitative estimate of drug-likeness (QED) is 0.694. The first-order valence-electron chi connectivity index (χ1n) is 6.98. The molecule has 0 fully saturated rings. The Kier molecular flexibility index (Phi) is 3.19. The highest BCUT2D eigenvalue weighted by molar-refractivity contribution is 7.13. The molecule has 0 spiro atoms. The number of hydrogen-bond acceptors (Lipinski definition) is 5. The van der Waals surface area contributed by atoms with Crippen molar-refractivity contribution in [2.24, 2.45) is 0 Å². The van der Waals surface area contributed by atoms with E-state index in [0.717, 1.165) is 34.3 Å². The average molecular weight is 311 g/mol. The molecule has 6 nitrogen and oxygen atoms in total. The van der Waals surface area contributed by atoms with Crippen molar-refractivity contribution in [2.45, 2.75) is 13.1 Å². The summed E-state index contributed by atoms with van der Waals surface area (Å²) in [5.41, 5.74) is 1.94. The summed E-state index contributed by atoms with van der Waals surface area (Å²) in [5.74, 6) is 1.58. The number of nitrogens with zero attached hydrogens (tertiary/aromatic N) is 5. The van der Waals surface area contributed by atoms with Crippen LogP contribution in [0.1, 0.15) is 5.82 Å². The van der Waals surface area contributed by atoms with Crippen LogP contribution in [0, 0.1) is 0 Å². The predicted molar refractivity (Wildman–Crippen MR) is 83.0 cm³/mol. The molecule has 110 valence electrons. The van der Waals surface area contributed by atoms with Gasteiger partial charge in [-0.15, -0.1) is 21.5 Å². The maximum atomic E-state index is 10.9. The standard InChI is InChI=1S/C15H13N5OS/c21-10-19-6-7-20-13(8-19)17-18-14(20)12-9-22-15(16-12)11-4-2-1-3-5-11/h1-5,9-10H,6-8H2. The van der Waals surface area contributed by atoms with Crippen LogP contribution in [0.3, 0.4) is 0 Å². The summed E-state index contributed by atoms with van der Waals surface area (Å²) in [6.45, 7) is 1.89. The molecule has 4 rings (SSSR count). The molecule has 3 aromatic rings. The van der Waals surface area contributed by atoms with Gasteiger partial charge in [0, 0.05) is 24.0 Å². The number of hydrogen-bond donors (Lipinski definition) is 0. The minimum absolute atomic E-state index is 0.506.